The Labute approximate surface area is 182 Å². The summed E-state index contributed by atoms with van der Waals surface area (Å²) < 4.78 is 14.6. The maximum Gasteiger partial charge on any atom is 0.226 e. The third-order valence-corrected chi connectivity index (χ3v) is 5.33. The van der Waals surface area contributed by atoms with Crippen LogP contribution in [-0.2, 0) is 11.2 Å². The van der Waals surface area contributed by atoms with Gasteiger partial charge in [-0.3, -0.25) is 19.6 Å². The highest BCUT2D eigenvalue weighted by atomic mass is 19.1. The zero-order chi connectivity index (χ0) is 22.5. The van der Waals surface area contributed by atoms with Crippen LogP contribution in [0.5, 0.6) is 0 Å². The average molecular weight is 420 g/mol. The van der Waals surface area contributed by atoms with E-state index in [0.717, 1.165) is 17.0 Å². The maximum absolute atomic E-state index is 14.6. The van der Waals surface area contributed by atoms with E-state index in [4.69, 9.17) is 0 Å². The van der Waals surface area contributed by atoms with Crippen molar-refractivity contribution in [2.45, 2.75) is 40.0 Å². The number of hydrogen-bond donors (Lipinski definition) is 0. The Morgan fingerprint density at radius 2 is 1.84 bits per heavy atom. The topological polar surface area (TPSA) is 63.2 Å². The standard InChI is InChI=1S/C25H26FN3O2/c1-5-25(31)29(4)20-10-11-21(22(26)14-20)23-12-8-19(15-27-23)24(30)13-9-18-7-6-16(2)28-17(18)3/h6-8,10-12,14-15H,5,9,13H2,1-4H3. The van der Waals surface area contributed by atoms with Crippen molar-refractivity contribution in [2.24, 2.45) is 0 Å². The summed E-state index contributed by atoms with van der Waals surface area (Å²) >= 11 is 0. The van der Waals surface area contributed by atoms with Crippen molar-refractivity contribution in [1.29, 1.82) is 0 Å². The summed E-state index contributed by atoms with van der Waals surface area (Å²) in [5, 5.41) is 0. The van der Waals surface area contributed by atoms with Gasteiger partial charge in [-0.2, -0.15) is 0 Å². The Bertz CT molecular complexity index is 1110. The number of benzene rings is 1. The fourth-order valence-corrected chi connectivity index (χ4v) is 3.39. The second-order valence-corrected chi connectivity index (χ2v) is 7.52. The molecule has 0 atom stereocenters. The fraction of sp³-hybridized carbons (Fsp3) is 0.280. The summed E-state index contributed by atoms with van der Waals surface area (Å²) in [7, 11) is 1.62. The van der Waals surface area contributed by atoms with Crippen LogP contribution in [0, 0.1) is 19.7 Å². The number of nitrogens with zero attached hydrogens (tertiary/aromatic N) is 3. The molecule has 0 radical (unpaired) electrons. The molecule has 2 heterocycles. The molecule has 1 amide bonds. The highest BCUT2D eigenvalue weighted by molar-refractivity contribution is 5.96. The molecule has 0 saturated heterocycles. The third-order valence-electron chi connectivity index (χ3n) is 5.33. The number of carbonyl (C=O) groups is 2. The van der Waals surface area contributed by atoms with Gasteiger partial charge in [-0.25, -0.2) is 4.39 Å². The molecule has 1 aromatic carbocycles. The van der Waals surface area contributed by atoms with Crippen LogP contribution in [0.1, 0.15) is 47.1 Å². The fourth-order valence-electron chi connectivity index (χ4n) is 3.39. The van der Waals surface area contributed by atoms with Crippen LogP contribution in [-0.4, -0.2) is 28.7 Å². The van der Waals surface area contributed by atoms with Crippen molar-refractivity contribution in [1.82, 2.24) is 9.97 Å². The first kappa shape index (κ1) is 22.3. The van der Waals surface area contributed by atoms with Crippen molar-refractivity contribution in [3.63, 3.8) is 0 Å². The van der Waals surface area contributed by atoms with Gasteiger partial charge in [0.25, 0.3) is 0 Å². The van der Waals surface area contributed by atoms with Gasteiger partial charge in [0.15, 0.2) is 5.78 Å². The van der Waals surface area contributed by atoms with Gasteiger partial charge < -0.3 is 4.90 Å². The number of amides is 1. The predicted molar refractivity (Wildman–Crippen MR) is 120 cm³/mol. The van der Waals surface area contributed by atoms with Crippen molar-refractivity contribution >= 4 is 17.4 Å². The number of pyridine rings is 2. The lowest BCUT2D eigenvalue weighted by molar-refractivity contribution is -0.118. The lowest BCUT2D eigenvalue weighted by Gasteiger charge is -2.17. The van der Waals surface area contributed by atoms with Gasteiger partial charge in [0.2, 0.25) is 5.91 Å². The minimum Gasteiger partial charge on any atom is -0.315 e. The third kappa shape index (κ3) is 5.20. The summed E-state index contributed by atoms with van der Waals surface area (Å²) in [5.41, 5.74) is 4.68. The van der Waals surface area contributed by atoms with Crippen molar-refractivity contribution in [3.05, 3.63) is 77.0 Å². The van der Waals surface area contributed by atoms with E-state index in [1.54, 1.807) is 38.2 Å². The molecule has 0 N–H and O–H groups in total. The minimum absolute atomic E-state index is 0.0189. The Morgan fingerprint density at radius 3 is 2.45 bits per heavy atom. The van der Waals surface area contributed by atoms with E-state index < -0.39 is 5.82 Å². The van der Waals surface area contributed by atoms with Gasteiger partial charge in [0.05, 0.1) is 5.69 Å². The van der Waals surface area contributed by atoms with Gasteiger partial charge in [0.1, 0.15) is 5.82 Å². The molecule has 0 aliphatic heterocycles. The Morgan fingerprint density at radius 1 is 1.06 bits per heavy atom. The second-order valence-electron chi connectivity index (χ2n) is 7.52. The number of halogens is 1. The molecule has 0 bridgehead atoms. The zero-order valence-electron chi connectivity index (χ0n) is 18.3. The van der Waals surface area contributed by atoms with Crippen molar-refractivity contribution in [3.8, 4) is 11.3 Å². The molecule has 0 unspecified atom stereocenters. The molecule has 0 fully saturated rings. The molecule has 31 heavy (non-hydrogen) atoms. The second kappa shape index (κ2) is 9.60. The van der Waals surface area contributed by atoms with Gasteiger partial charge >= 0.3 is 0 Å². The monoisotopic (exact) mass is 419 g/mol. The van der Waals surface area contributed by atoms with E-state index in [2.05, 4.69) is 9.97 Å². The van der Waals surface area contributed by atoms with Crippen molar-refractivity contribution in [2.75, 3.05) is 11.9 Å². The molecule has 3 aromatic rings. The smallest absolute Gasteiger partial charge is 0.226 e. The molecule has 0 aliphatic carbocycles. The van der Waals surface area contributed by atoms with Crippen LogP contribution in [0.3, 0.4) is 0 Å². The molecular weight excluding hydrogens is 393 g/mol. The van der Waals surface area contributed by atoms with E-state index in [1.807, 2.05) is 26.0 Å². The molecule has 3 rings (SSSR count). The molecule has 0 saturated carbocycles. The molecule has 0 spiro atoms. The number of Topliss-reactive ketones (excluding diaryl/α,β-unsaturated/α-hetero) is 1. The summed E-state index contributed by atoms with van der Waals surface area (Å²) in [6.07, 6.45) is 2.79. The first-order chi connectivity index (χ1) is 14.8. The number of hydrogen-bond acceptors (Lipinski definition) is 4. The minimum atomic E-state index is -0.470. The van der Waals surface area contributed by atoms with Gasteiger partial charge in [0, 0.05) is 54.3 Å². The highest BCUT2D eigenvalue weighted by Gasteiger charge is 2.14. The van der Waals surface area contributed by atoms with Crippen LogP contribution >= 0.6 is 0 Å². The normalized spacial score (nSPS) is 10.7. The number of anilines is 1. The van der Waals surface area contributed by atoms with Crippen LogP contribution < -0.4 is 4.90 Å². The quantitative estimate of drug-likeness (QED) is 0.501. The first-order valence-electron chi connectivity index (χ1n) is 10.3. The zero-order valence-corrected chi connectivity index (χ0v) is 18.3. The number of ketones is 1. The summed E-state index contributed by atoms with van der Waals surface area (Å²) in [6.45, 7) is 5.64. The SMILES string of the molecule is CCC(=O)N(C)c1ccc(-c2ccc(C(=O)CCc3ccc(C)nc3C)cn2)c(F)c1. The highest BCUT2D eigenvalue weighted by Crippen LogP contribution is 2.26. The number of aryl methyl sites for hydroxylation is 3. The van der Waals surface area contributed by atoms with E-state index in [0.29, 0.717) is 41.8 Å². The van der Waals surface area contributed by atoms with Gasteiger partial charge in [-0.1, -0.05) is 13.0 Å². The summed E-state index contributed by atoms with van der Waals surface area (Å²) in [4.78, 5) is 34.5. The van der Waals surface area contributed by atoms with Crippen molar-refractivity contribution < 1.29 is 14.0 Å². The maximum atomic E-state index is 14.6. The van der Waals surface area contributed by atoms with E-state index >= 15 is 0 Å². The molecule has 5 nitrogen and oxygen atoms in total. The molecule has 0 aliphatic rings. The Balaban J connectivity index is 1.70. The Hall–Kier alpha value is -3.41. The van der Waals surface area contributed by atoms with E-state index in [-0.39, 0.29) is 11.7 Å². The largest absolute Gasteiger partial charge is 0.315 e. The lowest BCUT2D eigenvalue weighted by Crippen LogP contribution is -2.25. The van der Waals surface area contributed by atoms with E-state index in [9.17, 15) is 14.0 Å². The first-order valence-corrected chi connectivity index (χ1v) is 10.3. The van der Waals surface area contributed by atoms with Crippen LogP contribution in [0.4, 0.5) is 10.1 Å². The molecular formula is C25H26FN3O2. The summed E-state index contributed by atoms with van der Waals surface area (Å²) in [5.74, 6) is -0.582. The predicted octanol–water partition coefficient (Wildman–Crippen LogP) is 5.09. The molecule has 6 heteroatoms. The number of aromatic nitrogens is 2. The van der Waals surface area contributed by atoms with Crippen LogP contribution in [0.15, 0.2) is 48.7 Å². The number of rotatable bonds is 7. The molecule has 2 aromatic heterocycles. The lowest BCUT2D eigenvalue weighted by atomic mass is 10.0. The Kier molecular flexibility index (Phi) is 6.90. The van der Waals surface area contributed by atoms with Crippen LogP contribution in [0.25, 0.3) is 11.3 Å². The molecule has 160 valence electrons. The van der Waals surface area contributed by atoms with E-state index in [1.165, 1.54) is 17.2 Å². The summed E-state index contributed by atoms with van der Waals surface area (Å²) in [6, 6.07) is 11.9. The average Bonchev–Trinajstić information content (AvgIpc) is 2.77. The van der Waals surface area contributed by atoms with Gasteiger partial charge in [-0.15, -0.1) is 0 Å². The number of carbonyl (C=O) groups excluding carboxylic acids is 2. The van der Waals surface area contributed by atoms with Gasteiger partial charge in [-0.05, 0) is 62.2 Å². The van der Waals surface area contributed by atoms with Crippen LogP contribution in [0.2, 0.25) is 0 Å².